The lowest BCUT2D eigenvalue weighted by atomic mass is 10.0. The van der Waals surface area contributed by atoms with Crippen molar-refractivity contribution in [3.63, 3.8) is 0 Å². The van der Waals surface area contributed by atoms with E-state index in [4.69, 9.17) is 0 Å². The predicted molar refractivity (Wildman–Crippen MR) is 139 cm³/mol. The van der Waals surface area contributed by atoms with Crippen LogP contribution in [0.3, 0.4) is 0 Å². The van der Waals surface area contributed by atoms with Gasteiger partial charge in [0.15, 0.2) is 0 Å². The van der Waals surface area contributed by atoms with Crippen molar-refractivity contribution in [1.82, 2.24) is 5.32 Å². The zero-order valence-electron chi connectivity index (χ0n) is 19.3. The van der Waals surface area contributed by atoms with Gasteiger partial charge < -0.3 is 10.6 Å². The summed E-state index contributed by atoms with van der Waals surface area (Å²) in [5, 5.41) is 9.07. The van der Waals surface area contributed by atoms with Crippen molar-refractivity contribution >= 4 is 17.0 Å². The van der Waals surface area contributed by atoms with Gasteiger partial charge in [0.2, 0.25) is 0 Å². The first-order valence-electron chi connectivity index (χ1n) is 12.0. The molecule has 0 unspecified atom stereocenters. The maximum Gasteiger partial charge on any atom is 0.0574 e. The predicted octanol–water partition coefficient (Wildman–Crippen LogP) is 8.35. The van der Waals surface area contributed by atoms with E-state index in [1.165, 1.54) is 84.2 Å². The van der Waals surface area contributed by atoms with E-state index < -0.39 is 0 Å². The highest BCUT2D eigenvalue weighted by molar-refractivity contribution is 7.14. The van der Waals surface area contributed by atoms with Gasteiger partial charge in [-0.3, -0.25) is 0 Å². The number of rotatable bonds is 14. The second-order valence-corrected chi connectivity index (χ2v) is 9.29. The normalized spacial score (nSPS) is 11.0. The molecule has 0 aliphatic heterocycles. The van der Waals surface area contributed by atoms with Gasteiger partial charge in [-0.05, 0) is 47.2 Å². The summed E-state index contributed by atoms with van der Waals surface area (Å²) >= 11 is 1.82. The van der Waals surface area contributed by atoms with Gasteiger partial charge in [0.25, 0.3) is 0 Å². The minimum absolute atomic E-state index is 0.909. The summed E-state index contributed by atoms with van der Waals surface area (Å²) in [4.78, 5) is 1.34. The van der Waals surface area contributed by atoms with Crippen LogP contribution in [0, 0.1) is 0 Å². The van der Waals surface area contributed by atoms with Crippen LogP contribution in [-0.4, -0.2) is 13.6 Å². The molecule has 0 spiro atoms. The third-order valence-electron chi connectivity index (χ3n) is 5.83. The first kappa shape index (κ1) is 23.6. The van der Waals surface area contributed by atoms with E-state index >= 15 is 0 Å². The van der Waals surface area contributed by atoms with Crippen molar-refractivity contribution in [3.05, 3.63) is 65.5 Å². The molecule has 1 heterocycles. The van der Waals surface area contributed by atoms with Crippen LogP contribution >= 0.6 is 11.3 Å². The topological polar surface area (TPSA) is 24.1 Å². The first-order valence-corrected chi connectivity index (χ1v) is 12.9. The van der Waals surface area contributed by atoms with Crippen LogP contribution in [0.5, 0.6) is 0 Å². The van der Waals surface area contributed by atoms with Crippen LogP contribution in [0.25, 0.3) is 21.6 Å². The standard InChI is InChI=1S/C28H38N2S/c1-3-4-5-6-7-8-9-10-20-30-27-19-21-31-28(27)26-17-15-25(16-18-26)24-13-11-23(12-14-24)22-29-2/h11-19,21,29-30H,3-10,20,22H2,1-2H3. The molecule has 0 radical (unpaired) electrons. The van der Waals surface area contributed by atoms with Crippen molar-refractivity contribution in [1.29, 1.82) is 0 Å². The summed E-state index contributed by atoms with van der Waals surface area (Å²) in [5.41, 5.74) is 6.42. The quantitative estimate of drug-likeness (QED) is 0.249. The Kier molecular flexibility index (Phi) is 10.1. The van der Waals surface area contributed by atoms with Gasteiger partial charge in [0.05, 0.1) is 10.6 Å². The minimum atomic E-state index is 0.909. The van der Waals surface area contributed by atoms with Gasteiger partial charge in [0, 0.05) is 13.1 Å². The Bertz CT molecular complexity index is 865. The molecule has 166 valence electrons. The molecule has 0 aliphatic carbocycles. The maximum atomic E-state index is 3.67. The summed E-state index contributed by atoms with van der Waals surface area (Å²) in [5.74, 6) is 0. The molecule has 0 saturated heterocycles. The summed E-state index contributed by atoms with van der Waals surface area (Å²) in [6, 6.07) is 20.0. The lowest BCUT2D eigenvalue weighted by molar-refractivity contribution is 0.581. The molecular weight excluding hydrogens is 396 g/mol. The smallest absolute Gasteiger partial charge is 0.0574 e. The second-order valence-electron chi connectivity index (χ2n) is 8.37. The molecule has 2 aromatic carbocycles. The SMILES string of the molecule is CCCCCCCCCCNc1ccsc1-c1ccc(-c2ccc(CNC)cc2)cc1. The second kappa shape index (κ2) is 13.3. The Balaban J connectivity index is 1.48. The highest BCUT2D eigenvalue weighted by Crippen LogP contribution is 2.35. The van der Waals surface area contributed by atoms with Gasteiger partial charge in [-0.1, -0.05) is 100 Å². The summed E-state index contributed by atoms with van der Waals surface area (Å²) < 4.78 is 0. The van der Waals surface area contributed by atoms with Crippen molar-refractivity contribution in [2.24, 2.45) is 0 Å². The summed E-state index contributed by atoms with van der Waals surface area (Å²) in [7, 11) is 1.98. The molecule has 0 atom stereocenters. The van der Waals surface area contributed by atoms with E-state index in [0.717, 1.165) is 13.1 Å². The van der Waals surface area contributed by atoms with E-state index in [1.807, 2.05) is 18.4 Å². The Morgan fingerprint density at radius 3 is 1.90 bits per heavy atom. The number of unbranched alkanes of at least 4 members (excludes halogenated alkanes) is 7. The van der Waals surface area contributed by atoms with Gasteiger partial charge in [-0.15, -0.1) is 11.3 Å². The van der Waals surface area contributed by atoms with Gasteiger partial charge in [0.1, 0.15) is 0 Å². The van der Waals surface area contributed by atoms with Gasteiger partial charge >= 0.3 is 0 Å². The van der Waals surface area contributed by atoms with Crippen molar-refractivity contribution in [2.75, 3.05) is 18.9 Å². The van der Waals surface area contributed by atoms with Crippen molar-refractivity contribution in [3.8, 4) is 21.6 Å². The van der Waals surface area contributed by atoms with Crippen LogP contribution in [0.1, 0.15) is 63.9 Å². The zero-order valence-corrected chi connectivity index (χ0v) is 20.1. The highest BCUT2D eigenvalue weighted by atomic mass is 32.1. The fraction of sp³-hybridized carbons (Fsp3) is 0.429. The first-order chi connectivity index (χ1) is 15.3. The Labute approximate surface area is 193 Å². The molecule has 0 fully saturated rings. The molecular formula is C28H38N2S. The molecule has 0 bridgehead atoms. The fourth-order valence-electron chi connectivity index (χ4n) is 3.99. The maximum absolute atomic E-state index is 3.67. The molecule has 31 heavy (non-hydrogen) atoms. The molecule has 3 heteroatoms. The number of nitrogens with one attached hydrogen (secondary N) is 2. The Morgan fingerprint density at radius 1 is 0.677 bits per heavy atom. The monoisotopic (exact) mass is 434 g/mol. The zero-order chi connectivity index (χ0) is 21.7. The Morgan fingerprint density at radius 2 is 1.26 bits per heavy atom. The number of benzene rings is 2. The van der Waals surface area contributed by atoms with Crippen LogP contribution in [0.15, 0.2) is 60.0 Å². The molecule has 0 amide bonds. The minimum Gasteiger partial charge on any atom is -0.384 e. The average Bonchev–Trinajstić information content (AvgIpc) is 3.27. The number of hydrogen-bond acceptors (Lipinski definition) is 3. The molecule has 2 nitrogen and oxygen atoms in total. The van der Waals surface area contributed by atoms with Crippen LogP contribution in [0.2, 0.25) is 0 Å². The highest BCUT2D eigenvalue weighted by Gasteiger charge is 2.07. The third kappa shape index (κ3) is 7.52. The van der Waals surface area contributed by atoms with Crippen molar-refractivity contribution < 1.29 is 0 Å². The molecule has 1 aromatic heterocycles. The van der Waals surface area contributed by atoms with Crippen LogP contribution in [-0.2, 0) is 6.54 Å². The molecule has 2 N–H and O–H groups in total. The lowest BCUT2D eigenvalue weighted by Gasteiger charge is -2.09. The largest absolute Gasteiger partial charge is 0.384 e. The van der Waals surface area contributed by atoms with E-state index in [0.29, 0.717) is 0 Å². The van der Waals surface area contributed by atoms with E-state index in [-0.39, 0.29) is 0 Å². The molecule has 0 saturated carbocycles. The van der Waals surface area contributed by atoms with Crippen LogP contribution in [0.4, 0.5) is 5.69 Å². The summed E-state index contributed by atoms with van der Waals surface area (Å²) in [6.45, 7) is 4.25. The van der Waals surface area contributed by atoms with Gasteiger partial charge in [-0.25, -0.2) is 0 Å². The Hall–Kier alpha value is -2.10. The average molecular weight is 435 g/mol. The number of thiophene rings is 1. The van der Waals surface area contributed by atoms with Crippen molar-refractivity contribution in [2.45, 2.75) is 64.8 Å². The number of anilines is 1. The van der Waals surface area contributed by atoms with E-state index in [2.05, 4.69) is 77.5 Å². The summed E-state index contributed by atoms with van der Waals surface area (Å²) in [6.07, 6.45) is 10.9. The molecule has 0 aliphatic rings. The molecule has 3 rings (SSSR count). The number of hydrogen-bond donors (Lipinski definition) is 2. The fourth-order valence-corrected chi connectivity index (χ4v) is 4.87. The van der Waals surface area contributed by atoms with Crippen LogP contribution < -0.4 is 10.6 Å². The van der Waals surface area contributed by atoms with E-state index in [1.54, 1.807) is 0 Å². The van der Waals surface area contributed by atoms with Gasteiger partial charge in [-0.2, -0.15) is 0 Å². The van der Waals surface area contributed by atoms with E-state index in [9.17, 15) is 0 Å². The molecule has 3 aromatic rings. The third-order valence-corrected chi connectivity index (χ3v) is 6.79. The lowest BCUT2D eigenvalue weighted by Crippen LogP contribution is -2.04.